The Balaban J connectivity index is 1.37. The van der Waals surface area contributed by atoms with Crippen LogP contribution in [0.2, 0.25) is 0 Å². The highest BCUT2D eigenvalue weighted by Crippen LogP contribution is 2.22. The molecule has 4 rings (SSSR count). The molecule has 2 fully saturated rings. The van der Waals surface area contributed by atoms with Gasteiger partial charge in [0.1, 0.15) is 12.7 Å². The third-order valence-corrected chi connectivity index (χ3v) is 5.34. The first-order valence-electron chi connectivity index (χ1n) is 9.24. The Kier molecular flexibility index (Phi) is 4.78. The van der Waals surface area contributed by atoms with Crippen molar-refractivity contribution in [3.8, 4) is 0 Å². The highest BCUT2D eigenvalue weighted by molar-refractivity contribution is 5.94. The first-order valence-corrected chi connectivity index (χ1v) is 9.24. The highest BCUT2D eigenvalue weighted by atomic mass is 16.2. The van der Waals surface area contributed by atoms with Crippen molar-refractivity contribution in [1.82, 2.24) is 24.6 Å². The molecule has 1 aromatic carbocycles. The lowest BCUT2D eigenvalue weighted by atomic mass is 10.1. The van der Waals surface area contributed by atoms with Crippen LogP contribution in [0, 0.1) is 0 Å². The summed E-state index contributed by atoms with van der Waals surface area (Å²) in [6.07, 6.45) is 8.07. The maximum absolute atomic E-state index is 12.4. The van der Waals surface area contributed by atoms with Crippen LogP contribution in [0.5, 0.6) is 0 Å². The number of hydrogen-bond acceptors (Lipinski definition) is 4. The molecule has 2 aromatic rings. The van der Waals surface area contributed by atoms with E-state index < -0.39 is 0 Å². The first kappa shape index (κ1) is 16.3. The van der Waals surface area contributed by atoms with Crippen LogP contribution in [0.4, 0.5) is 0 Å². The van der Waals surface area contributed by atoms with Crippen LogP contribution in [0.3, 0.4) is 0 Å². The number of carbonyl (C=O) groups excluding carboxylic acids is 1. The topological polar surface area (TPSA) is 54.3 Å². The number of amides is 1. The van der Waals surface area contributed by atoms with Gasteiger partial charge in [-0.3, -0.25) is 14.4 Å². The number of aromatic nitrogens is 3. The number of benzene rings is 1. The van der Waals surface area contributed by atoms with Gasteiger partial charge in [-0.25, -0.2) is 4.98 Å². The molecule has 2 saturated heterocycles. The molecular weight excluding hydrogens is 314 g/mol. The van der Waals surface area contributed by atoms with Gasteiger partial charge in [-0.15, -0.1) is 0 Å². The lowest BCUT2D eigenvalue weighted by Gasteiger charge is -2.24. The number of hydrogen-bond donors (Lipinski definition) is 0. The van der Waals surface area contributed by atoms with Crippen molar-refractivity contribution in [2.45, 2.75) is 44.8 Å². The van der Waals surface area contributed by atoms with E-state index in [0.29, 0.717) is 6.04 Å². The summed E-state index contributed by atoms with van der Waals surface area (Å²) in [5.74, 6) is 0.175. The number of nitrogens with zero attached hydrogens (tertiary/aromatic N) is 5. The molecule has 132 valence electrons. The third kappa shape index (κ3) is 3.74. The van der Waals surface area contributed by atoms with E-state index in [1.807, 2.05) is 21.7 Å². The SMILES string of the molecule is O=C(c1ccc(CN2CCC[C@H]2Cn2cncn2)cc1)N1CCCC1. The molecule has 0 unspecified atom stereocenters. The Bertz CT molecular complexity index is 691. The minimum Gasteiger partial charge on any atom is -0.339 e. The highest BCUT2D eigenvalue weighted by Gasteiger charge is 2.25. The smallest absolute Gasteiger partial charge is 0.253 e. The van der Waals surface area contributed by atoms with Crippen molar-refractivity contribution in [2.24, 2.45) is 0 Å². The molecule has 1 aromatic heterocycles. The lowest BCUT2D eigenvalue weighted by Crippen LogP contribution is -2.32. The van der Waals surface area contributed by atoms with E-state index >= 15 is 0 Å². The summed E-state index contributed by atoms with van der Waals surface area (Å²) in [5.41, 5.74) is 2.08. The van der Waals surface area contributed by atoms with Crippen molar-refractivity contribution in [2.75, 3.05) is 19.6 Å². The maximum atomic E-state index is 12.4. The van der Waals surface area contributed by atoms with E-state index in [9.17, 15) is 4.79 Å². The third-order valence-electron chi connectivity index (χ3n) is 5.34. The predicted molar refractivity (Wildman–Crippen MR) is 95.0 cm³/mol. The lowest BCUT2D eigenvalue weighted by molar-refractivity contribution is 0.0793. The van der Waals surface area contributed by atoms with Gasteiger partial charge in [0, 0.05) is 31.2 Å². The summed E-state index contributed by atoms with van der Waals surface area (Å²) in [4.78, 5) is 20.9. The molecule has 0 aliphatic carbocycles. The average molecular weight is 339 g/mol. The normalized spacial score (nSPS) is 21.1. The Hall–Kier alpha value is -2.21. The number of likely N-dealkylation sites (tertiary alicyclic amines) is 2. The van der Waals surface area contributed by atoms with Crippen molar-refractivity contribution in [3.05, 3.63) is 48.0 Å². The van der Waals surface area contributed by atoms with Gasteiger partial charge in [0.2, 0.25) is 0 Å². The Morgan fingerprint density at radius 1 is 1.08 bits per heavy atom. The van der Waals surface area contributed by atoms with Crippen molar-refractivity contribution in [1.29, 1.82) is 0 Å². The van der Waals surface area contributed by atoms with E-state index in [1.165, 1.54) is 18.4 Å². The number of rotatable bonds is 5. The molecule has 0 radical (unpaired) electrons. The fourth-order valence-corrected chi connectivity index (χ4v) is 3.94. The zero-order chi connectivity index (χ0) is 17.1. The van der Waals surface area contributed by atoms with Crippen LogP contribution in [0.25, 0.3) is 0 Å². The van der Waals surface area contributed by atoms with Gasteiger partial charge < -0.3 is 4.90 Å². The summed E-state index contributed by atoms with van der Waals surface area (Å²) in [7, 11) is 0. The van der Waals surface area contributed by atoms with Crippen LogP contribution >= 0.6 is 0 Å². The minimum absolute atomic E-state index is 0.175. The van der Waals surface area contributed by atoms with Crippen LogP contribution in [-0.2, 0) is 13.1 Å². The second kappa shape index (κ2) is 7.35. The Morgan fingerprint density at radius 2 is 1.88 bits per heavy atom. The predicted octanol–water partition coefficient (Wildman–Crippen LogP) is 2.18. The molecule has 0 bridgehead atoms. The average Bonchev–Trinajstić information content (AvgIpc) is 3.39. The van der Waals surface area contributed by atoms with E-state index in [2.05, 4.69) is 27.1 Å². The van der Waals surface area contributed by atoms with Gasteiger partial charge in [-0.2, -0.15) is 5.10 Å². The Labute approximate surface area is 148 Å². The largest absolute Gasteiger partial charge is 0.339 e. The molecular formula is C19H25N5O. The zero-order valence-electron chi connectivity index (χ0n) is 14.5. The molecule has 6 nitrogen and oxygen atoms in total. The van der Waals surface area contributed by atoms with Crippen LogP contribution < -0.4 is 0 Å². The summed E-state index contributed by atoms with van der Waals surface area (Å²) in [5, 5.41) is 4.23. The number of carbonyl (C=O) groups is 1. The second-order valence-electron chi connectivity index (χ2n) is 7.08. The summed E-state index contributed by atoms with van der Waals surface area (Å²) >= 11 is 0. The van der Waals surface area contributed by atoms with Crippen LogP contribution in [0.1, 0.15) is 41.6 Å². The van der Waals surface area contributed by atoms with Gasteiger partial charge in [0.25, 0.3) is 5.91 Å². The van der Waals surface area contributed by atoms with Gasteiger partial charge in [-0.05, 0) is 49.9 Å². The summed E-state index contributed by atoms with van der Waals surface area (Å²) in [6.45, 7) is 4.74. The quantitative estimate of drug-likeness (QED) is 0.838. The van der Waals surface area contributed by atoms with E-state index in [-0.39, 0.29) is 5.91 Å². The zero-order valence-corrected chi connectivity index (χ0v) is 14.5. The molecule has 0 N–H and O–H groups in total. The summed E-state index contributed by atoms with van der Waals surface area (Å²) < 4.78 is 1.92. The van der Waals surface area contributed by atoms with Crippen molar-refractivity contribution < 1.29 is 4.79 Å². The summed E-state index contributed by atoms with van der Waals surface area (Å²) in [6, 6.07) is 8.69. The van der Waals surface area contributed by atoms with Crippen molar-refractivity contribution in [3.63, 3.8) is 0 Å². The fraction of sp³-hybridized carbons (Fsp3) is 0.526. The maximum Gasteiger partial charge on any atom is 0.253 e. The molecule has 0 saturated carbocycles. The van der Waals surface area contributed by atoms with Gasteiger partial charge >= 0.3 is 0 Å². The van der Waals surface area contributed by atoms with Gasteiger partial charge in [0.15, 0.2) is 0 Å². The van der Waals surface area contributed by atoms with Gasteiger partial charge in [0.05, 0.1) is 6.54 Å². The second-order valence-corrected chi connectivity index (χ2v) is 7.08. The fourth-order valence-electron chi connectivity index (χ4n) is 3.94. The minimum atomic E-state index is 0.175. The Morgan fingerprint density at radius 3 is 2.60 bits per heavy atom. The monoisotopic (exact) mass is 339 g/mol. The van der Waals surface area contributed by atoms with E-state index in [0.717, 1.165) is 51.1 Å². The standard InChI is InChI=1S/C19H25N5O/c25-19(22-9-1-2-10-22)17-7-5-16(6-8-17)12-23-11-3-4-18(23)13-24-15-20-14-21-24/h5-8,14-15,18H,1-4,9-13H2/t18-/m0/s1. The first-order chi connectivity index (χ1) is 12.3. The van der Waals surface area contributed by atoms with Gasteiger partial charge in [-0.1, -0.05) is 12.1 Å². The van der Waals surface area contributed by atoms with E-state index in [1.54, 1.807) is 12.7 Å². The molecule has 1 amide bonds. The molecule has 1 atom stereocenters. The van der Waals surface area contributed by atoms with Crippen LogP contribution in [0.15, 0.2) is 36.9 Å². The van der Waals surface area contributed by atoms with Crippen molar-refractivity contribution >= 4 is 5.91 Å². The molecule has 2 aliphatic heterocycles. The van der Waals surface area contributed by atoms with E-state index in [4.69, 9.17) is 0 Å². The molecule has 3 heterocycles. The molecule has 2 aliphatic rings. The molecule has 0 spiro atoms. The molecule has 6 heteroatoms. The van der Waals surface area contributed by atoms with Crippen LogP contribution in [-0.4, -0.2) is 56.1 Å². The molecule has 25 heavy (non-hydrogen) atoms.